The number of morpholine rings is 1. The highest BCUT2D eigenvalue weighted by molar-refractivity contribution is 5.94. The molecule has 1 aliphatic rings. The summed E-state index contributed by atoms with van der Waals surface area (Å²) >= 11 is 0. The Morgan fingerprint density at radius 3 is 3.00 bits per heavy atom. The predicted molar refractivity (Wildman–Crippen MR) is 72.6 cm³/mol. The maximum absolute atomic E-state index is 13.5. The molecule has 1 saturated heterocycles. The number of nitro groups is 1. The number of ether oxygens (including phenoxy) is 1. The molecule has 7 nitrogen and oxygen atoms in total. The van der Waals surface area contributed by atoms with E-state index in [4.69, 9.17) is 4.74 Å². The Balaban J connectivity index is 1.94. The van der Waals surface area contributed by atoms with Crippen LogP contribution >= 0.6 is 0 Å². The summed E-state index contributed by atoms with van der Waals surface area (Å²) in [5.41, 5.74) is -0.606. The van der Waals surface area contributed by atoms with E-state index in [1.54, 1.807) is 0 Å². The van der Waals surface area contributed by atoms with Gasteiger partial charge in [0, 0.05) is 31.3 Å². The summed E-state index contributed by atoms with van der Waals surface area (Å²) < 4.78 is 18.9. The van der Waals surface area contributed by atoms with E-state index in [2.05, 4.69) is 10.2 Å². The summed E-state index contributed by atoms with van der Waals surface area (Å²) in [7, 11) is 1.96. The van der Waals surface area contributed by atoms with Crippen LogP contribution in [-0.2, 0) is 4.74 Å². The Bertz CT molecular complexity index is 552. The van der Waals surface area contributed by atoms with Crippen LogP contribution in [0.5, 0.6) is 0 Å². The van der Waals surface area contributed by atoms with Crippen molar-refractivity contribution in [3.8, 4) is 0 Å². The molecule has 1 fully saturated rings. The fraction of sp³-hybridized carbons (Fsp3) is 0.462. The standard InChI is InChI=1S/C13H16FN3O4/c1-16-4-5-21-10(8-16)7-15-13(18)9-2-3-12(17(19)20)11(14)6-9/h2-3,6,10H,4-5,7-8H2,1H3,(H,15,18). The van der Waals surface area contributed by atoms with E-state index in [9.17, 15) is 19.3 Å². The monoisotopic (exact) mass is 297 g/mol. The predicted octanol–water partition coefficient (Wildman–Crippen LogP) is 0.794. The molecule has 2 rings (SSSR count). The van der Waals surface area contributed by atoms with Gasteiger partial charge in [0.1, 0.15) is 0 Å². The van der Waals surface area contributed by atoms with Gasteiger partial charge in [-0.2, -0.15) is 4.39 Å². The summed E-state index contributed by atoms with van der Waals surface area (Å²) in [6, 6.07) is 3.07. The van der Waals surface area contributed by atoms with Gasteiger partial charge in [-0.15, -0.1) is 0 Å². The van der Waals surface area contributed by atoms with Crippen molar-refractivity contribution in [2.24, 2.45) is 0 Å². The average Bonchev–Trinajstić information content (AvgIpc) is 2.44. The topological polar surface area (TPSA) is 84.7 Å². The van der Waals surface area contributed by atoms with Gasteiger partial charge in [-0.3, -0.25) is 14.9 Å². The minimum atomic E-state index is -1.03. The molecular weight excluding hydrogens is 281 g/mol. The zero-order valence-electron chi connectivity index (χ0n) is 11.5. The number of benzene rings is 1. The smallest absolute Gasteiger partial charge is 0.304 e. The molecule has 0 aromatic heterocycles. The van der Waals surface area contributed by atoms with Crippen LogP contribution in [0.4, 0.5) is 10.1 Å². The van der Waals surface area contributed by atoms with Crippen molar-refractivity contribution in [3.63, 3.8) is 0 Å². The van der Waals surface area contributed by atoms with Crippen LogP contribution in [0.15, 0.2) is 18.2 Å². The lowest BCUT2D eigenvalue weighted by Crippen LogP contribution is -2.45. The summed E-state index contributed by atoms with van der Waals surface area (Å²) in [5, 5.41) is 13.1. The van der Waals surface area contributed by atoms with E-state index in [1.165, 1.54) is 6.07 Å². The maximum atomic E-state index is 13.5. The molecular formula is C13H16FN3O4. The number of rotatable bonds is 4. The van der Waals surface area contributed by atoms with E-state index in [1.807, 2.05) is 7.05 Å². The Morgan fingerprint density at radius 2 is 2.38 bits per heavy atom. The highest BCUT2D eigenvalue weighted by Gasteiger charge is 2.20. The van der Waals surface area contributed by atoms with Crippen molar-refractivity contribution >= 4 is 11.6 Å². The number of carbonyl (C=O) groups excluding carboxylic acids is 1. The fourth-order valence-electron chi connectivity index (χ4n) is 2.10. The quantitative estimate of drug-likeness (QED) is 0.656. The van der Waals surface area contributed by atoms with Crippen LogP contribution in [0.2, 0.25) is 0 Å². The van der Waals surface area contributed by atoms with Crippen LogP contribution in [-0.4, -0.2) is 55.1 Å². The Morgan fingerprint density at radius 1 is 1.62 bits per heavy atom. The summed E-state index contributed by atoms with van der Waals surface area (Å²) in [4.78, 5) is 23.7. The number of amides is 1. The zero-order valence-corrected chi connectivity index (χ0v) is 11.5. The number of nitrogens with zero attached hydrogens (tertiary/aromatic N) is 2. The average molecular weight is 297 g/mol. The molecule has 1 atom stereocenters. The summed E-state index contributed by atoms with van der Waals surface area (Å²) in [5.74, 6) is -1.51. The lowest BCUT2D eigenvalue weighted by atomic mass is 10.2. The van der Waals surface area contributed by atoms with Crippen molar-refractivity contribution in [3.05, 3.63) is 39.7 Å². The molecule has 0 aliphatic carbocycles. The van der Waals surface area contributed by atoms with Crippen molar-refractivity contribution in [1.82, 2.24) is 10.2 Å². The van der Waals surface area contributed by atoms with Gasteiger partial charge < -0.3 is 15.0 Å². The number of hydrogen-bond acceptors (Lipinski definition) is 5. The van der Waals surface area contributed by atoms with Gasteiger partial charge in [-0.1, -0.05) is 0 Å². The zero-order chi connectivity index (χ0) is 15.4. The summed E-state index contributed by atoms with van der Waals surface area (Å²) in [6.45, 7) is 2.46. The van der Waals surface area contributed by atoms with Gasteiger partial charge in [0.25, 0.3) is 5.91 Å². The van der Waals surface area contributed by atoms with Crippen LogP contribution in [0.3, 0.4) is 0 Å². The van der Waals surface area contributed by atoms with E-state index in [0.717, 1.165) is 18.7 Å². The molecule has 1 aromatic carbocycles. The molecule has 1 aromatic rings. The molecule has 1 aliphatic heterocycles. The molecule has 1 unspecified atom stereocenters. The number of likely N-dealkylation sites (N-methyl/N-ethyl adjacent to an activating group) is 1. The van der Waals surface area contributed by atoms with E-state index < -0.39 is 22.3 Å². The highest BCUT2D eigenvalue weighted by atomic mass is 19.1. The first kappa shape index (κ1) is 15.3. The first-order valence-corrected chi connectivity index (χ1v) is 6.49. The van der Waals surface area contributed by atoms with Crippen molar-refractivity contribution in [2.75, 3.05) is 33.3 Å². The van der Waals surface area contributed by atoms with E-state index >= 15 is 0 Å². The maximum Gasteiger partial charge on any atom is 0.304 e. The molecule has 0 spiro atoms. The molecule has 8 heteroatoms. The van der Waals surface area contributed by atoms with Crippen LogP contribution in [0, 0.1) is 15.9 Å². The van der Waals surface area contributed by atoms with Gasteiger partial charge in [-0.05, 0) is 19.2 Å². The largest absolute Gasteiger partial charge is 0.374 e. The molecule has 0 saturated carbocycles. The molecule has 1 heterocycles. The Hall–Kier alpha value is -2.06. The normalized spacial score (nSPS) is 19.2. The van der Waals surface area contributed by atoms with Crippen LogP contribution in [0.25, 0.3) is 0 Å². The second kappa shape index (κ2) is 6.59. The molecule has 0 bridgehead atoms. The van der Waals surface area contributed by atoms with Gasteiger partial charge in [0.05, 0.1) is 17.6 Å². The van der Waals surface area contributed by atoms with Crippen molar-refractivity contribution in [1.29, 1.82) is 0 Å². The van der Waals surface area contributed by atoms with Gasteiger partial charge in [-0.25, -0.2) is 0 Å². The number of hydrogen-bond donors (Lipinski definition) is 1. The number of halogens is 1. The number of carbonyl (C=O) groups is 1. The number of nitrogens with one attached hydrogen (secondary N) is 1. The third-order valence-corrected chi connectivity index (χ3v) is 3.24. The number of nitro benzene ring substituents is 1. The summed E-state index contributed by atoms with van der Waals surface area (Å²) in [6.07, 6.45) is -0.115. The minimum Gasteiger partial charge on any atom is -0.374 e. The lowest BCUT2D eigenvalue weighted by molar-refractivity contribution is -0.387. The Kier molecular flexibility index (Phi) is 4.81. The van der Waals surface area contributed by atoms with E-state index in [0.29, 0.717) is 19.7 Å². The van der Waals surface area contributed by atoms with Gasteiger partial charge in [0.15, 0.2) is 0 Å². The molecule has 1 N–H and O–H groups in total. The van der Waals surface area contributed by atoms with Crippen LogP contribution < -0.4 is 5.32 Å². The van der Waals surface area contributed by atoms with E-state index in [-0.39, 0.29) is 11.7 Å². The van der Waals surface area contributed by atoms with Crippen molar-refractivity contribution < 1.29 is 18.8 Å². The van der Waals surface area contributed by atoms with Crippen LogP contribution in [0.1, 0.15) is 10.4 Å². The third kappa shape index (κ3) is 3.96. The van der Waals surface area contributed by atoms with Gasteiger partial charge in [0.2, 0.25) is 5.82 Å². The minimum absolute atomic E-state index is 0.0438. The molecule has 1 amide bonds. The highest BCUT2D eigenvalue weighted by Crippen LogP contribution is 2.17. The Labute approximate surface area is 120 Å². The first-order valence-electron chi connectivity index (χ1n) is 6.49. The molecule has 0 radical (unpaired) electrons. The lowest BCUT2D eigenvalue weighted by Gasteiger charge is -2.30. The fourth-order valence-corrected chi connectivity index (χ4v) is 2.10. The van der Waals surface area contributed by atoms with Gasteiger partial charge >= 0.3 is 5.69 Å². The van der Waals surface area contributed by atoms with Crippen molar-refractivity contribution in [2.45, 2.75) is 6.10 Å². The third-order valence-electron chi connectivity index (χ3n) is 3.24. The second-order valence-corrected chi connectivity index (χ2v) is 4.89. The first-order chi connectivity index (χ1) is 9.97. The second-order valence-electron chi connectivity index (χ2n) is 4.89. The molecule has 114 valence electrons. The SMILES string of the molecule is CN1CCOC(CNC(=O)c2ccc([N+](=O)[O-])c(F)c2)C1. The molecule has 21 heavy (non-hydrogen) atoms.